The molecule has 0 saturated carbocycles. The Morgan fingerprint density at radius 1 is 1.18 bits per heavy atom. The molecule has 22 heavy (non-hydrogen) atoms. The number of rotatable bonds is 5. The van der Waals surface area contributed by atoms with E-state index in [0.717, 1.165) is 16.6 Å². The summed E-state index contributed by atoms with van der Waals surface area (Å²) in [4.78, 5) is 4.47. The van der Waals surface area contributed by atoms with E-state index in [2.05, 4.69) is 37.8 Å². The highest BCUT2D eigenvalue weighted by molar-refractivity contribution is 9.10. The van der Waals surface area contributed by atoms with Crippen LogP contribution in [0.4, 0.5) is 0 Å². The zero-order chi connectivity index (χ0) is 16.2. The predicted molar refractivity (Wildman–Crippen MR) is 95.9 cm³/mol. The molecule has 2 aromatic rings. The van der Waals surface area contributed by atoms with Crippen LogP contribution in [0.1, 0.15) is 38.1 Å². The van der Waals surface area contributed by atoms with Crippen molar-refractivity contribution in [3.05, 3.63) is 64.4 Å². The molecule has 0 aliphatic carbocycles. The van der Waals surface area contributed by atoms with Crippen LogP contribution in [0.2, 0.25) is 0 Å². The average Bonchev–Trinajstić information content (AvgIpc) is 2.47. The lowest BCUT2D eigenvalue weighted by Gasteiger charge is -2.24. The van der Waals surface area contributed by atoms with Gasteiger partial charge in [0.25, 0.3) is 0 Å². The molecule has 0 bridgehead atoms. The summed E-state index contributed by atoms with van der Waals surface area (Å²) in [5.74, 6) is 0. The molecule has 118 valence electrons. The van der Waals surface area contributed by atoms with Crippen LogP contribution < -0.4 is 4.72 Å². The van der Waals surface area contributed by atoms with Gasteiger partial charge in [0.2, 0.25) is 0 Å². The van der Waals surface area contributed by atoms with Crippen LogP contribution in [0.5, 0.6) is 0 Å². The van der Waals surface area contributed by atoms with Gasteiger partial charge in [-0.05, 0) is 60.8 Å². The van der Waals surface area contributed by atoms with E-state index in [9.17, 15) is 4.21 Å². The Bertz CT molecular complexity index is 641. The topological polar surface area (TPSA) is 42.0 Å². The van der Waals surface area contributed by atoms with Crippen LogP contribution in [-0.2, 0) is 17.4 Å². The van der Waals surface area contributed by atoms with Crippen LogP contribution in [-0.4, -0.2) is 13.9 Å². The molecule has 1 heterocycles. The first-order valence-electron chi connectivity index (χ1n) is 7.20. The highest BCUT2D eigenvalue weighted by Crippen LogP contribution is 2.25. The molecule has 0 spiro atoms. The molecule has 1 aromatic carbocycles. The molecule has 1 unspecified atom stereocenters. The molecule has 0 amide bonds. The summed E-state index contributed by atoms with van der Waals surface area (Å²) in [6.45, 7) is 5.88. The predicted octanol–water partition coefficient (Wildman–Crippen LogP) is 4.18. The van der Waals surface area contributed by atoms with E-state index in [-0.39, 0.29) is 10.8 Å². The van der Waals surface area contributed by atoms with Crippen molar-refractivity contribution in [2.75, 3.05) is 0 Å². The van der Waals surface area contributed by atoms with E-state index in [1.807, 2.05) is 51.1 Å². The van der Waals surface area contributed by atoms with Gasteiger partial charge in [0.1, 0.15) is 0 Å². The molecule has 1 N–H and O–H groups in total. The minimum atomic E-state index is -1.16. The van der Waals surface area contributed by atoms with E-state index >= 15 is 0 Å². The van der Waals surface area contributed by atoms with Gasteiger partial charge >= 0.3 is 0 Å². The Morgan fingerprint density at radius 3 is 2.45 bits per heavy atom. The quantitative estimate of drug-likeness (QED) is 0.844. The number of pyridine rings is 1. The summed E-state index contributed by atoms with van der Waals surface area (Å²) >= 11 is 3.55. The lowest BCUT2D eigenvalue weighted by molar-refractivity contribution is 0.587. The summed E-state index contributed by atoms with van der Waals surface area (Å²) in [6, 6.07) is 13.9. The summed E-state index contributed by atoms with van der Waals surface area (Å²) in [6.07, 6.45) is 2.50. The van der Waals surface area contributed by atoms with Crippen LogP contribution in [0, 0.1) is 0 Å². The summed E-state index contributed by atoms with van der Waals surface area (Å²) in [5, 5.41) is 0. The van der Waals surface area contributed by atoms with Gasteiger partial charge in [0.05, 0.1) is 27.5 Å². The first kappa shape index (κ1) is 17.3. The van der Waals surface area contributed by atoms with Gasteiger partial charge in [-0.3, -0.25) is 4.98 Å². The minimum absolute atomic E-state index is 0.113. The maximum absolute atomic E-state index is 12.5. The molecular formula is C17H21BrN2OS. The van der Waals surface area contributed by atoms with Crippen LogP contribution >= 0.6 is 15.9 Å². The van der Waals surface area contributed by atoms with E-state index in [1.165, 1.54) is 5.56 Å². The Balaban J connectivity index is 2.29. The zero-order valence-electron chi connectivity index (χ0n) is 13.0. The highest BCUT2D eigenvalue weighted by atomic mass is 79.9. The number of hydrogen-bond acceptors (Lipinski definition) is 2. The first-order valence-corrected chi connectivity index (χ1v) is 9.14. The second-order valence-corrected chi connectivity index (χ2v) is 8.96. The molecule has 0 fully saturated rings. The van der Waals surface area contributed by atoms with Gasteiger partial charge in [0.15, 0.2) is 0 Å². The van der Waals surface area contributed by atoms with E-state index in [0.29, 0.717) is 0 Å². The number of hydrogen-bond donors (Lipinski definition) is 1. The fourth-order valence-corrected chi connectivity index (χ4v) is 3.34. The molecule has 5 heteroatoms. The van der Waals surface area contributed by atoms with Crippen LogP contribution in [0.3, 0.4) is 0 Å². The molecule has 0 saturated heterocycles. The van der Waals surface area contributed by atoms with Crippen molar-refractivity contribution in [2.24, 2.45) is 0 Å². The highest BCUT2D eigenvalue weighted by Gasteiger charge is 2.25. The van der Waals surface area contributed by atoms with Crippen molar-refractivity contribution in [2.45, 2.75) is 38.0 Å². The van der Waals surface area contributed by atoms with E-state index < -0.39 is 11.0 Å². The normalized spacial score (nSPS) is 14.5. The van der Waals surface area contributed by atoms with Crippen molar-refractivity contribution < 1.29 is 4.21 Å². The van der Waals surface area contributed by atoms with Gasteiger partial charge in [-0.2, -0.15) is 0 Å². The van der Waals surface area contributed by atoms with Gasteiger partial charge in [-0.1, -0.05) is 30.3 Å². The number of nitrogens with one attached hydrogen (secondary N) is 1. The fraction of sp³-hybridized carbons (Fsp3) is 0.353. The monoisotopic (exact) mass is 380 g/mol. The van der Waals surface area contributed by atoms with Crippen LogP contribution in [0.15, 0.2) is 53.1 Å². The maximum Gasteiger partial charge on any atom is 0.0976 e. The Labute approximate surface area is 143 Å². The molecule has 3 nitrogen and oxygen atoms in total. The van der Waals surface area contributed by atoms with Crippen molar-refractivity contribution in [1.29, 1.82) is 0 Å². The Kier molecular flexibility index (Phi) is 5.89. The molecule has 0 radical (unpaired) electrons. The van der Waals surface area contributed by atoms with Crippen molar-refractivity contribution in [3.63, 3.8) is 0 Å². The van der Waals surface area contributed by atoms with Gasteiger partial charge in [0, 0.05) is 10.7 Å². The fourth-order valence-electron chi connectivity index (χ4n) is 2.00. The Morgan fingerprint density at radius 2 is 1.86 bits per heavy atom. The molecule has 2 rings (SSSR count). The Hall–Kier alpha value is -1.04. The van der Waals surface area contributed by atoms with Crippen molar-refractivity contribution in [3.8, 4) is 0 Å². The summed E-state index contributed by atoms with van der Waals surface area (Å²) < 4.78 is 16.4. The minimum Gasteiger partial charge on any atom is -0.258 e. The lowest BCUT2D eigenvalue weighted by atomic mass is 10.0. The average molecular weight is 381 g/mol. The third-order valence-electron chi connectivity index (χ3n) is 3.21. The second-order valence-electron chi connectivity index (χ2n) is 6.11. The first-order chi connectivity index (χ1) is 10.4. The largest absolute Gasteiger partial charge is 0.258 e. The van der Waals surface area contributed by atoms with Crippen LogP contribution in [0.25, 0.3) is 0 Å². The third-order valence-corrected chi connectivity index (χ3v) is 5.49. The van der Waals surface area contributed by atoms with E-state index in [4.69, 9.17) is 0 Å². The summed E-state index contributed by atoms with van der Waals surface area (Å²) in [7, 11) is -1.16. The van der Waals surface area contributed by atoms with Gasteiger partial charge in [-0.25, -0.2) is 8.93 Å². The molecule has 0 aliphatic heterocycles. The maximum atomic E-state index is 12.5. The zero-order valence-corrected chi connectivity index (χ0v) is 15.4. The van der Waals surface area contributed by atoms with Crippen molar-refractivity contribution >= 4 is 26.9 Å². The number of nitrogens with zero attached hydrogens (tertiary/aromatic N) is 1. The number of benzene rings is 1. The summed E-state index contributed by atoms with van der Waals surface area (Å²) in [5.41, 5.74) is 2.06. The lowest BCUT2D eigenvalue weighted by Crippen LogP contribution is -2.37. The third kappa shape index (κ3) is 4.73. The van der Waals surface area contributed by atoms with Gasteiger partial charge < -0.3 is 0 Å². The molecular weight excluding hydrogens is 360 g/mol. The standard InChI is InChI=1S/C17H21BrN2OS/c1-17(2,3)22(21)20-15(12-13-8-5-4-6-9-13)16-14(18)10-7-11-19-16/h4-11,15,20H,12H2,1-3H3/t15?,22-/m1/s1. The smallest absolute Gasteiger partial charge is 0.0976 e. The molecule has 2 atom stereocenters. The van der Waals surface area contributed by atoms with Gasteiger partial charge in [-0.15, -0.1) is 0 Å². The number of aromatic nitrogens is 1. The SMILES string of the molecule is CC(C)(C)[S@@](=O)NC(Cc1ccccc1)c1ncccc1Br. The van der Waals surface area contributed by atoms with Crippen molar-refractivity contribution in [1.82, 2.24) is 9.71 Å². The molecule has 1 aromatic heterocycles. The molecule has 0 aliphatic rings. The number of halogens is 1. The van der Waals surface area contributed by atoms with E-state index in [1.54, 1.807) is 6.20 Å². The second kappa shape index (κ2) is 7.49.